The zero-order chi connectivity index (χ0) is 11.9. The van der Waals surface area contributed by atoms with Crippen LogP contribution >= 0.6 is 0 Å². The summed E-state index contributed by atoms with van der Waals surface area (Å²) in [6.45, 7) is 1.70. The number of sulfone groups is 1. The van der Waals surface area contributed by atoms with Gasteiger partial charge in [0.25, 0.3) is 0 Å². The molecule has 5 nitrogen and oxygen atoms in total. The first-order valence-corrected chi connectivity index (χ1v) is 6.19. The van der Waals surface area contributed by atoms with Gasteiger partial charge in [-0.25, -0.2) is 13.2 Å². The normalized spacial score (nSPS) is 16.4. The summed E-state index contributed by atoms with van der Waals surface area (Å²) in [4.78, 5) is 11.4. The second kappa shape index (κ2) is 3.48. The van der Waals surface area contributed by atoms with Crippen molar-refractivity contribution in [3.63, 3.8) is 0 Å². The van der Waals surface area contributed by atoms with Gasteiger partial charge in [0.15, 0.2) is 5.94 Å². The van der Waals surface area contributed by atoms with E-state index in [1.54, 1.807) is 6.92 Å². The van der Waals surface area contributed by atoms with Crippen LogP contribution in [-0.2, 0) is 14.6 Å². The van der Waals surface area contributed by atoms with Gasteiger partial charge in [-0.1, -0.05) is 0 Å². The van der Waals surface area contributed by atoms with Crippen molar-refractivity contribution in [3.05, 3.63) is 23.3 Å². The molecular weight excluding hydrogens is 232 g/mol. The maximum absolute atomic E-state index is 11.6. The number of hydrogen-bond donors (Lipinski definition) is 0. The molecule has 0 aliphatic carbocycles. The first kappa shape index (κ1) is 10.9. The molecule has 0 spiro atoms. The smallest absolute Gasteiger partial charge is 0.338 e. The lowest BCUT2D eigenvalue weighted by molar-refractivity contribution is 0.0599. The van der Waals surface area contributed by atoms with Crippen LogP contribution in [0.3, 0.4) is 0 Å². The Kier molecular flexibility index (Phi) is 2.38. The van der Waals surface area contributed by atoms with Crippen LogP contribution in [0.1, 0.15) is 15.9 Å². The Bertz CT molecular complexity index is 559. The van der Waals surface area contributed by atoms with Gasteiger partial charge in [-0.2, -0.15) is 0 Å². The highest BCUT2D eigenvalue weighted by Crippen LogP contribution is 2.33. The van der Waals surface area contributed by atoms with Crippen LogP contribution in [0.2, 0.25) is 0 Å². The minimum atomic E-state index is -3.42. The molecule has 0 saturated heterocycles. The van der Waals surface area contributed by atoms with E-state index >= 15 is 0 Å². The Labute approximate surface area is 92.9 Å². The number of rotatable bonds is 1. The average molecular weight is 242 g/mol. The topological polar surface area (TPSA) is 69.7 Å². The maximum atomic E-state index is 11.6. The van der Waals surface area contributed by atoms with Crippen molar-refractivity contribution in [2.45, 2.75) is 11.8 Å². The van der Waals surface area contributed by atoms with Gasteiger partial charge in [0.2, 0.25) is 9.84 Å². The fraction of sp³-hybridized carbons (Fsp3) is 0.300. The third-order valence-electron chi connectivity index (χ3n) is 2.40. The first-order chi connectivity index (χ1) is 7.45. The van der Waals surface area contributed by atoms with Crippen LogP contribution in [0, 0.1) is 6.92 Å². The Morgan fingerprint density at radius 3 is 2.75 bits per heavy atom. The van der Waals surface area contributed by atoms with E-state index in [0.29, 0.717) is 11.3 Å². The third-order valence-corrected chi connectivity index (χ3v) is 3.82. The molecule has 6 heteroatoms. The Morgan fingerprint density at radius 1 is 1.44 bits per heavy atom. The van der Waals surface area contributed by atoms with Gasteiger partial charge in [-0.15, -0.1) is 0 Å². The summed E-state index contributed by atoms with van der Waals surface area (Å²) in [6.07, 6.45) is 0. The van der Waals surface area contributed by atoms with Gasteiger partial charge in [0, 0.05) is 0 Å². The highest BCUT2D eigenvalue weighted by molar-refractivity contribution is 7.91. The van der Waals surface area contributed by atoms with E-state index in [9.17, 15) is 13.2 Å². The van der Waals surface area contributed by atoms with Gasteiger partial charge in [-0.05, 0) is 24.6 Å². The van der Waals surface area contributed by atoms with Crippen LogP contribution in [-0.4, -0.2) is 27.4 Å². The fourth-order valence-electron chi connectivity index (χ4n) is 1.55. The summed E-state index contributed by atoms with van der Waals surface area (Å²) < 4.78 is 32.7. The monoisotopic (exact) mass is 242 g/mol. The van der Waals surface area contributed by atoms with Gasteiger partial charge in [0.05, 0.1) is 12.7 Å². The van der Waals surface area contributed by atoms with Crippen molar-refractivity contribution < 1.29 is 22.7 Å². The van der Waals surface area contributed by atoms with Crippen molar-refractivity contribution >= 4 is 15.8 Å². The summed E-state index contributed by atoms with van der Waals surface area (Å²) in [5, 5.41) is 0. The van der Waals surface area contributed by atoms with E-state index in [1.807, 2.05) is 0 Å². The zero-order valence-corrected chi connectivity index (χ0v) is 9.63. The third kappa shape index (κ3) is 1.55. The van der Waals surface area contributed by atoms with E-state index in [2.05, 4.69) is 4.74 Å². The van der Waals surface area contributed by atoms with Gasteiger partial charge < -0.3 is 9.47 Å². The van der Waals surface area contributed by atoms with E-state index < -0.39 is 15.8 Å². The zero-order valence-electron chi connectivity index (χ0n) is 8.81. The van der Waals surface area contributed by atoms with Crippen molar-refractivity contribution in [2.75, 3.05) is 13.0 Å². The number of esters is 1. The molecule has 0 bridgehead atoms. The molecule has 1 heterocycles. The van der Waals surface area contributed by atoms with E-state index in [0.717, 1.165) is 0 Å². The molecule has 1 aromatic rings. The molecule has 1 aliphatic heterocycles. The second-order valence-electron chi connectivity index (χ2n) is 3.48. The molecule has 0 fully saturated rings. The van der Waals surface area contributed by atoms with Crippen molar-refractivity contribution in [1.82, 2.24) is 0 Å². The van der Waals surface area contributed by atoms with E-state index in [4.69, 9.17) is 4.74 Å². The maximum Gasteiger partial charge on any atom is 0.338 e. The number of fused-ring (bicyclic) bond motifs is 1. The van der Waals surface area contributed by atoms with Crippen LogP contribution in [0.15, 0.2) is 17.0 Å². The molecule has 0 N–H and O–H groups in total. The minimum absolute atomic E-state index is 0.0542. The van der Waals surface area contributed by atoms with Crippen LogP contribution in [0.25, 0.3) is 0 Å². The number of aryl methyl sites for hydroxylation is 1. The average Bonchev–Trinajstić information content (AvgIpc) is 2.52. The predicted octanol–water partition coefficient (Wildman–Crippen LogP) is 0.905. The Balaban J connectivity index is 2.65. The molecule has 0 atom stereocenters. The molecule has 1 aromatic carbocycles. The van der Waals surface area contributed by atoms with Crippen LogP contribution < -0.4 is 4.74 Å². The molecule has 0 unspecified atom stereocenters. The molecule has 0 saturated carbocycles. The largest absolute Gasteiger partial charge is 0.476 e. The van der Waals surface area contributed by atoms with Crippen LogP contribution in [0.5, 0.6) is 5.75 Å². The summed E-state index contributed by atoms with van der Waals surface area (Å²) >= 11 is 0. The van der Waals surface area contributed by atoms with Crippen molar-refractivity contribution in [2.24, 2.45) is 0 Å². The van der Waals surface area contributed by atoms with Gasteiger partial charge in [-0.3, -0.25) is 0 Å². The number of ether oxygens (including phenoxy) is 2. The van der Waals surface area contributed by atoms with Crippen LogP contribution in [0.4, 0.5) is 0 Å². The van der Waals surface area contributed by atoms with Crippen molar-refractivity contribution in [1.29, 1.82) is 0 Å². The number of carbonyl (C=O) groups excluding carboxylic acids is 1. The minimum Gasteiger partial charge on any atom is -0.476 e. The molecule has 1 aliphatic rings. The molecule has 0 amide bonds. The molecule has 86 valence electrons. The number of benzene rings is 1. The van der Waals surface area contributed by atoms with Crippen molar-refractivity contribution in [3.8, 4) is 5.75 Å². The molecule has 2 rings (SSSR count). The standard InChI is InChI=1S/C10H10O5S/c1-6-3-8-9(16(12,13)5-15-8)4-7(6)10(11)14-2/h3-4H,5H2,1-2H3. The highest BCUT2D eigenvalue weighted by Gasteiger charge is 2.30. The number of hydrogen-bond acceptors (Lipinski definition) is 5. The number of methoxy groups -OCH3 is 1. The summed E-state index contributed by atoms with van der Waals surface area (Å²) in [7, 11) is -2.17. The first-order valence-electron chi connectivity index (χ1n) is 4.54. The van der Waals surface area contributed by atoms with E-state index in [1.165, 1.54) is 19.2 Å². The van der Waals surface area contributed by atoms with E-state index in [-0.39, 0.29) is 16.4 Å². The second-order valence-corrected chi connectivity index (χ2v) is 5.39. The fourth-order valence-corrected chi connectivity index (χ4v) is 2.68. The van der Waals surface area contributed by atoms with Gasteiger partial charge >= 0.3 is 5.97 Å². The number of carbonyl (C=O) groups is 1. The lowest BCUT2D eigenvalue weighted by Gasteiger charge is -2.05. The summed E-state index contributed by atoms with van der Waals surface area (Å²) in [6, 6.07) is 2.84. The molecule has 16 heavy (non-hydrogen) atoms. The predicted molar refractivity (Wildman–Crippen MR) is 55.2 cm³/mol. The SMILES string of the molecule is COC(=O)c1cc2c(cc1C)OCS2(=O)=O. The lowest BCUT2D eigenvalue weighted by atomic mass is 10.1. The Morgan fingerprint density at radius 2 is 2.12 bits per heavy atom. The molecule has 0 aromatic heterocycles. The Hall–Kier alpha value is -1.56. The summed E-state index contributed by atoms with van der Waals surface area (Å²) in [5.74, 6) is -0.626. The summed E-state index contributed by atoms with van der Waals surface area (Å²) in [5.41, 5.74) is 0.873. The quantitative estimate of drug-likeness (QED) is 0.684. The lowest BCUT2D eigenvalue weighted by Crippen LogP contribution is -2.06. The molecule has 0 radical (unpaired) electrons. The highest BCUT2D eigenvalue weighted by atomic mass is 32.2. The molecular formula is C10H10O5S. The van der Waals surface area contributed by atoms with Gasteiger partial charge in [0.1, 0.15) is 10.6 Å².